The fourth-order valence-electron chi connectivity index (χ4n) is 3.88. The molecule has 0 bridgehead atoms. The molecule has 0 radical (unpaired) electrons. The van der Waals surface area contributed by atoms with E-state index in [-0.39, 0.29) is 17.0 Å². The molecule has 3 aromatic rings. The summed E-state index contributed by atoms with van der Waals surface area (Å²) in [6, 6.07) is 8.73. The Hall–Kier alpha value is -3.18. The normalized spacial score (nSPS) is 15.8. The minimum atomic E-state index is -0.341. The van der Waals surface area contributed by atoms with E-state index < -0.39 is 0 Å². The van der Waals surface area contributed by atoms with Gasteiger partial charge in [-0.2, -0.15) is 0 Å². The number of aryl methyl sites for hydroxylation is 1. The number of benzene rings is 1. The second-order valence-electron chi connectivity index (χ2n) is 8.50. The van der Waals surface area contributed by atoms with E-state index in [1.54, 1.807) is 12.3 Å². The highest BCUT2D eigenvalue weighted by Crippen LogP contribution is 2.37. The number of thiazole rings is 1. The zero-order valence-electron chi connectivity index (χ0n) is 18.5. The van der Waals surface area contributed by atoms with Crippen LogP contribution < -0.4 is 0 Å². The molecular formula is C27H25FN2OS. The first-order valence-electron chi connectivity index (χ1n) is 10.6. The monoisotopic (exact) mass is 444 g/mol. The van der Waals surface area contributed by atoms with Crippen molar-refractivity contribution in [2.75, 3.05) is 0 Å². The second-order valence-corrected chi connectivity index (χ2v) is 9.53. The summed E-state index contributed by atoms with van der Waals surface area (Å²) in [7, 11) is 0. The van der Waals surface area contributed by atoms with Gasteiger partial charge in [-0.3, -0.25) is 4.79 Å². The van der Waals surface area contributed by atoms with Gasteiger partial charge in [-0.05, 0) is 66.8 Å². The van der Waals surface area contributed by atoms with E-state index in [1.165, 1.54) is 23.5 Å². The molecule has 2 aromatic heterocycles. The first-order valence-corrected chi connectivity index (χ1v) is 11.4. The maximum Gasteiger partial charge on any atom is 0.170 e. The van der Waals surface area contributed by atoms with Crippen molar-refractivity contribution in [2.45, 2.75) is 33.6 Å². The lowest BCUT2D eigenvalue weighted by Gasteiger charge is -2.28. The van der Waals surface area contributed by atoms with E-state index in [9.17, 15) is 9.18 Å². The predicted molar refractivity (Wildman–Crippen MR) is 130 cm³/mol. The SMILES string of the molecule is C=C/C=C\C(=C/C)c1cc(F)cc(-c2cnc(-c3ccc4c(n3)CCC(C)(C)C4=O)s2)c1. The lowest BCUT2D eigenvalue weighted by atomic mass is 9.75. The molecule has 4 rings (SSSR count). The topological polar surface area (TPSA) is 42.9 Å². The van der Waals surface area contributed by atoms with Crippen molar-refractivity contribution in [3.63, 3.8) is 0 Å². The number of carbonyl (C=O) groups excluding carboxylic acids is 1. The molecule has 1 aliphatic carbocycles. The molecule has 2 heterocycles. The minimum absolute atomic E-state index is 0.148. The van der Waals surface area contributed by atoms with Gasteiger partial charge in [0.25, 0.3) is 0 Å². The molecule has 5 heteroatoms. The zero-order chi connectivity index (χ0) is 22.9. The van der Waals surface area contributed by atoms with Crippen molar-refractivity contribution in [1.82, 2.24) is 9.97 Å². The number of hydrogen-bond acceptors (Lipinski definition) is 4. The molecule has 0 saturated heterocycles. The largest absolute Gasteiger partial charge is 0.294 e. The van der Waals surface area contributed by atoms with Crippen molar-refractivity contribution in [3.05, 3.63) is 90.0 Å². The van der Waals surface area contributed by atoms with Crippen LogP contribution in [0, 0.1) is 11.2 Å². The van der Waals surface area contributed by atoms with E-state index in [0.29, 0.717) is 5.56 Å². The zero-order valence-corrected chi connectivity index (χ0v) is 19.3. The second kappa shape index (κ2) is 8.75. The molecule has 0 N–H and O–H groups in total. The Labute approximate surface area is 192 Å². The molecular weight excluding hydrogens is 419 g/mol. The van der Waals surface area contributed by atoms with Gasteiger partial charge in [0, 0.05) is 17.2 Å². The highest BCUT2D eigenvalue weighted by molar-refractivity contribution is 7.18. The van der Waals surface area contributed by atoms with Crippen molar-refractivity contribution < 1.29 is 9.18 Å². The maximum absolute atomic E-state index is 14.4. The summed E-state index contributed by atoms with van der Waals surface area (Å²) in [4.78, 5) is 22.8. The van der Waals surface area contributed by atoms with Gasteiger partial charge >= 0.3 is 0 Å². The Morgan fingerprint density at radius 1 is 1.25 bits per heavy atom. The third-order valence-corrected chi connectivity index (χ3v) is 6.85. The Morgan fingerprint density at radius 2 is 2.06 bits per heavy atom. The van der Waals surface area contributed by atoms with Crippen LogP contribution in [0.3, 0.4) is 0 Å². The molecule has 162 valence electrons. The number of ketones is 1. The van der Waals surface area contributed by atoms with Gasteiger partial charge in [0.05, 0.1) is 16.3 Å². The molecule has 1 aromatic carbocycles. The third-order valence-electron chi connectivity index (χ3n) is 5.78. The van der Waals surface area contributed by atoms with Crippen molar-refractivity contribution in [3.8, 4) is 21.1 Å². The first-order chi connectivity index (χ1) is 15.3. The standard InChI is InChI=1S/C27H25FN2OS/c1-5-7-8-17(6-2)18-13-19(15-20(28)14-18)24-16-29-26(32-24)23-10-9-21-22(30-23)11-12-27(3,4)25(21)31/h5-10,13-16H,1,11-12H2,2-4H3/b8-7-,17-6+. The Balaban J connectivity index is 1.67. The van der Waals surface area contributed by atoms with E-state index >= 15 is 0 Å². The molecule has 3 nitrogen and oxygen atoms in total. The number of aromatic nitrogens is 2. The van der Waals surface area contributed by atoms with Crippen LogP contribution in [0.4, 0.5) is 4.39 Å². The van der Waals surface area contributed by atoms with E-state index in [2.05, 4.69) is 11.6 Å². The highest BCUT2D eigenvalue weighted by atomic mass is 32.1. The summed E-state index contributed by atoms with van der Waals surface area (Å²) in [5.41, 5.74) is 4.43. The fourth-order valence-corrected chi connectivity index (χ4v) is 4.76. The summed E-state index contributed by atoms with van der Waals surface area (Å²) in [5.74, 6) is -0.151. The van der Waals surface area contributed by atoms with Crippen LogP contribution in [0.2, 0.25) is 0 Å². The maximum atomic E-state index is 14.4. The molecule has 0 spiro atoms. The van der Waals surface area contributed by atoms with Crippen LogP contribution in [-0.4, -0.2) is 15.8 Å². The van der Waals surface area contributed by atoms with Crippen molar-refractivity contribution in [2.24, 2.45) is 5.41 Å². The average molecular weight is 445 g/mol. The summed E-state index contributed by atoms with van der Waals surface area (Å²) in [6.07, 6.45) is 10.7. The number of fused-ring (bicyclic) bond motifs is 1. The van der Waals surface area contributed by atoms with E-state index in [4.69, 9.17) is 4.98 Å². The fraction of sp³-hybridized carbons (Fsp3) is 0.222. The van der Waals surface area contributed by atoms with Gasteiger partial charge in [0.15, 0.2) is 5.78 Å². The first kappa shape index (κ1) is 22.0. The van der Waals surface area contributed by atoms with Crippen molar-refractivity contribution >= 4 is 22.7 Å². The van der Waals surface area contributed by atoms with E-state index in [1.807, 2.05) is 57.2 Å². The summed E-state index contributed by atoms with van der Waals surface area (Å²) >= 11 is 1.47. The third kappa shape index (κ3) is 4.26. The van der Waals surface area contributed by atoms with Crippen LogP contribution >= 0.6 is 11.3 Å². The van der Waals surface area contributed by atoms with Gasteiger partial charge in [0.1, 0.15) is 10.8 Å². The lowest BCUT2D eigenvalue weighted by molar-refractivity contribution is 0.0809. The number of Topliss-reactive ketones (excluding diaryl/α,β-unsaturated/α-hetero) is 1. The predicted octanol–water partition coefficient (Wildman–Crippen LogP) is 7.31. The number of hydrogen-bond donors (Lipinski definition) is 0. The average Bonchev–Trinajstić information content (AvgIpc) is 3.27. The summed E-state index contributed by atoms with van der Waals surface area (Å²) < 4.78 is 14.4. The quantitative estimate of drug-likeness (QED) is 0.387. The molecule has 0 atom stereocenters. The minimum Gasteiger partial charge on any atom is -0.294 e. The number of allylic oxidation sites excluding steroid dienone is 5. The molecule has 0 fully saturated rings. The molecule has 32 heavy (non-hydrogen) atoms. The van der Waals surface area contributed by atoms with Gasteiger partial charge in [-0.1, -0.05) is 44.7 Å². The van der Waals surface area contributed by atoms with Crippen LogP contribution in [0.25, 0.3) is 26.7 Å². The number of halogens is 1. The highest BCUT2D eigenvalue weighted by Gasteiger charge is 2.35. The number of pyridine rings is 1. The van der Waals surface area contributed by atoms with Crippen LogP contribution in [-0.2, 0) is 6.42 Å². The summed E-state index contributed by atoms with van der Waals surface area (Å²) in [6.45, 7) is 9.59. The Bertz CT molecular complexity index is 1270. The number of rotatable bonds is 5. The van der Waals surface area contributed by atoms with Crippen LogP contribution in [0.1, 0.15) is 48.8 Å². The molecule has 0 amide bonds. The molecule has 0 unspecified atom stereocenters. The number of carbonyl (C=O) groups is 1. The molecule has 0 saturated carbocycles. The molecule has 0 aliphatic heterocycles. The van der Waals surface area contributed by atoms with Crippen molar-refractivity contribution in [1.29, 1.82) is 0 Å². The van der Waals surface area contributed by atoms with Crippen LogP contribution in [0.5, 0.6) is 0 Å². The number of nitrogens with zero attached hydrogens (tertiary/aromatic N) is 2. The van der Waals surface area contributed by atoms with Crippen LogP contribution in [0.15, 0.2) is 67.4 Å². The van der Waals surface area contributed by atoms with Gasteiger partial charge < -0.3 is 0 Å². The van der Waals surface area contributed by atoms with Gasteiger partial charge in [0.2, 0.25) is 0 Å². The summed E-state index contributed by atoms with van der Waals surface area (Å²) in [5, 5.41) is 0.753. The van der Waals surface area contributed by atoms with E-state index in [0.717, 1.165) is 50.8 Å². The van der Waals surface area contributed by atoms with Gasteiger partial charge in [-0.15, -0.1) is 11.3 Å². The van der Waals surface area contributed by atoms with Gasteiger partial charge in [-0.25, -0.2) is 14.4 Å². The smallest absolute Gasteiger partial charge is 0.170 e. The lowest BCUT2D eigenvalue weighted by Crippen LogP contribution is -2.31. The Kier molecular flexibility index (Phi) is 6.02. The Morgan fingerprint density at radius 3 is 2.81 bits per heavy atom. The molecule has 1 aliphatic rings.